The standard InChI is InChI=1S/C15H14N4O/c1-11(12-6-3-2-4-7-12)18-15(20)13-10-17-19-9-5-8-16-14(13)19/h2-11H,1H3,(H,18,20). The van der Waals surface area contributed by atoms with Gasteiger partial charge in [-0.1, -0.05) is 30.3 Å². The van der Waals surface area contributed by atoms with Gasteiger partial charge >= 0.3 is 0 Å². The van der Waals surface area contributed by atoms with Crippen LogP contribution in [0.5, 0.6) is 0 Å². The largest absolute Gasteiger partial charge is 0.345 e. The van der Waals surface area contributed by atoms with E-state index in [0.717, 1.165) is 5.56 Å². The van der Waals surface area contributed by atoms with Crippen molar-refractivity contribution in [1.29, 1.82) is 0 Å². The first kappa shape index (κ1) is 12.3. The summed E-state index contributed by atoms with van der Waals surface area (Å²) in [6, 6.07) is 11.5. The Morgan fingerprint density at radius 3 is 2.85 bits per heavy atom. The molecule has 20 heavy (non-hydrogen) atoms. The smallest absolute Gasteiger partial charge is 0.257 e. The van der Waals surface area contributed by atoms with Gasteiger partial charge in [-0.15, -0.1) is 0 Å². The summed E-state index contributed by atoms with van der Waals surface area (Å²) in [6.45, 7) is 1.95. The Kier molecular flexibility index (Phi) is 3.16. The van der Waals surface area contributed by atoms with E-state index in [4.69, 9.17) is 0 Å². The zero-order chi connectivity index (χ0) is 13.9. The summed E-state index contributed by atoms with van der Waals surface area (Å²) in [4.78, 5) is 16.5. The van der Waals surface area contributed by atoms with Crippen LogP contribution in [0.3, 0.4) is 0 Å². The van der Waals surface area contributed by atoms with Crippen LogP contribution in [-0.2, 0) is 0 Å². The van der Waals surface area contributed by atoms with Crippen LogP contribution in [0.25, 0.3) is 5.65 Å². The van der Waals surface area contributed by atoms with E-state index in [1.54, 1.807) is 23.0 Å². The minimum Gasteiger partial charge on any atom is -0.345 e. The average Bonchev–Trinajstić information content (AvgIpc) is 2.92. The molecule has 1 atom stereocenters. The lowest BCUT2D eigenvalue weighted by molar-refractivity contribution is 0.0941. The van der Waals surface area contributed by atoms with Crippen LogP contribution >= 0.6 is 0 Å². The second-order valence-corrected chi connectivity index (χ2v) is 4.55. The first-order chi connectivity index (χ1) is 9.75. The van der Waals surface area contributed by atoms with Crippen molar-refractivity contribution >= 4 is 11.6 Å². The number of rotatable bonds is 3. The Hall–Kier alpha value is -2.69. The number of fused-ring (bicyclic) bond motifs is 1. The molecule has 1 aromatic carbocycles. The number of carbonyl (C=O) groups is 1. The van der Waals surface area contributed by atoms with Crippen molar-refractivity contribution in [3.05, 3.63) is 66.1 Å². The number of nitrogens with zero attached hydrogens (tertiary/aromatic N) is 3. The quantitative estimate of drug-likeness (QED) is 0.790. The molecule has 100 valence electrons. The fourth-order valence-electron chi connectivity index (χ4n) is 2.09. The molecule has 1 N–H and O–H groups in total. The Balaban J connectivity index is 1.83. The Morgan fingerprint density at radius 1 is 1.25 bits per heavy atom. The minimum absolute atomic E-state index is 0.0673. The lowest BCUT2D eigenvalue weighted by atomic mass is 10.1. The summed E-state index contributed by atoms with van der Waals surface area (Å²) in [5, 5.41) is 7.07. The summed E-state index contributed by atoms with van der Waals surface area (Å²) in [6.07, 6.45) is 4.95. The molecule has 5 heteroatoms. The molecule has 0 aliphatic heterocycles. The van der Waals surface area contributed by atoms with Crippen molar-refractivity contribution in [1.82, 2.24) is 19.9 Å². The molecule has 3 aromatic rings. The van der Waals surface area contributed by atoms with Crippen molar-refractivity contribution in [2.24, 2.45) is 0 Å². The van der Waals surface area contributed by atoms with Crippen molar-refractivity contribution in [3.8, 4) is 0 Å². The number of hydrogen-bond donors (Lipinski definition) is 1. The summed E-state index contributed by atoms with van der Waals surface area (Å²) >= 11 is 0. The van der Waals surface area contributed by atoms with E-state index >= 15 is 0 Å². The maximum atomic E-state index is 12.3. The van der Waals surface area contributed by atoms with Crippen LogP contribution in [-0.4, -0.2) is 20.5 Å². The van der Waals surface area contributed by atoms with Crippen molar-refractivity contribution < 1.29 is 4.79 Å². The molecule has 0 fully saturated rings. The molecule has 0 aliphatic carbocycles. The van der Waals surface area contributed by atoms with Crippen LogP contribution < -0.4 is 5.32 Å². The van der Waals surface area contributed by atoms with E-state index in [1.807, 2.05) is 37.3 Å². The number of amides is 1. The molecule has 2 heterocycles. The molecule has 0 spiro atoms. The first-order valence-electron chi connectivity index (χ1n) is 6.40. The van der Waals surface area contributed by atoms with Gasteiger partial charge in [-0.05, 0) is 18.6 Å². The predicted molar refractivity (Wildman–Crippen MR) is 75.3 cm³/mol. The lowest BCUT2D eigenvalue weighted by Gasteiger charge is -2.13. The molecular weight excluding hydrogens is 252 g/mol. The average molecular weight is 266 g/mol. The van der Waals surface area contributed by atoms with Gasteiger partial charge in [-0.3, -0.25) is 4.79 Å². The van der Waals surface area contributed by atoms with E-state index < -0.39 is 0 Å². The fraction of sp³-hybridized carbons (Fsp3) is 0.133. The Morgan fingerprint density at radius 2 is 2.05 bits per heavy atom. The minimum atomic E-state index is -0.171. The van der Waals surface area contributed by atoms with Crippen LogP contribution in [0.4, 0.5) is 0 Å². The molecule has 1 unspecified atom stereocenters. The second-order valence-electron chi connectivity index (χ2n) is 4.55. The third-order valence-corrected chi connectivity index (χ3v) is 3.17. The highest BCUT2D eigenvalue weighted by Crippen LogP contribution is 2.13. The highest BCUT2D eigenvalue weighted by molar-refractivity contribution is 5.99. The van der Waals surface area contributed by atoms with Crippen LogP contribution in [0.1, 0.15) is 28.9 Å². The normalized spacial score (nSPS) is 12.2. The second kappa shape index (κ2) is 5.13. The number of aromatic nitrogens is 3. The van der Waals surface area contributed by atoms with Crippen molar-refractivity contribution in [3.63, 3.8) is 0 Å². The van der Waals surface area contributed by atoms with E-state index in [-0.39, 0.29) is 11.9 Å². The molecule has 2 aromatic heterocycles. The number of hydrogen-bond acceptors (Lipinski definition) is 3. The molecule has 0 aliphatic rings. The molecule has 0 radical (unpaired) electrons. The molecule has 0 saturated carbocycles. The maximum Gasteiger partial charge on any atom is 0.257 e. The van der Waals surface area contributed by atoms with Gasteiger partial charge in [-0.2, -0.15) is 5.10 Å². The summed E-state index contributed by atoms with van der Waals surface area (Å²) in [5.74, 6) is -0.171. The van der Waals surface area contributed by atoms with Gasteiger partial charge in [-0.25, -0.2) is 9.50 Å². The van der Waals surface area contributed by atoms with E-state index in [2.05, 4.69) is 15.4 Å². The van der Waals surface area contributed by atoms with E-state index in [0.29, 0.717) is 11.2 Å². The van der Waals surface area contributed by atoms with E-state index in [1.165, 1.54) is 6.20 Å². The predicted octanol–water partition coefficient (Wildman–Crippen LogP) is 2.22. The number of benzene rings is 1. The van der Waals surface area contributed by atoms with Crippen LogP contribution in [0.15, 0.2) is 55.0 Å². The highest BCUT2D eigenvalue weighted by Gasteiger charge is 2.16. The fourth-order valence-corrected chi connectivity index (χ4v) is 2.09. The van der Waals surface area contributed by atoms with Gasteiger partial charge in [0.15, 0.2) is 5.65 Å². The van der Waals surface area contributed by atoms with Gasteiger partial charge in [0.25, 0.3) is 5.91 Å². The third-order valence-electron chi connectivity index (χ3n) is 3.17. The third kappa shape index (κ3) is 2.25. The molecule has 5 nitrogen and oxygen atoms in total. The van der Waals surface area contributed by atoms with Crippen molar-refractivity contribution in [2.75, 3.05) is 0 Å². The molecule has 1 amide bonds. The molecule has 3 rings (SSSR count). The number of nitrogens with one attached hydrogen (secondary N) is 1. The first-order valence-corrected chi connectivity index (χ1v) is 6.40. The van der Waals surface area contributed by atoms with Gasteiger partial charge in [0, 0.05) is 12.4 Å². The van der Waals surface area contributed by atoms with Crippen molar-refractivity contribution in [2.45, 2.75) is 13.0 Å². The number of carbonyl (C=O) groups excluding carboxylic acids is 1. The zero-order valence-electron chi connectivity index (χ0n) is 11.0. The highest BCUT2D eigenvalue weighted by atomic mass is 16.1. The van der Waals surface area contributed by atoms with Crippen LogP contribution in [0, 0.1) is 0 Å². The van der Waals surface area contributed by atoms with Crippen LogP contribution in [0.2, 0.25) is 0 Å². The topological polar surface area (TPSA) is 59.3 Å². The molecular formula is C15H14N4O. The molecule has 0 saturated heterocycles. The van der Waals surface area contributed by atoms with Gasteiger partial charge < -0.3 is 5.32 Å². The Bertz CT molecular complexity index is 736. The lowest BCUT2D eigenvalue weighted by Crippen LogP contribution is -2.26. The maximum absolute atomic E-state index is 12.3. The van der Waals surface area contributed by atoms with E-state index in [9.17, 15) is 4.79 Å². The van der Waals surface area contributed by atoms with Gasteiger partial charge in [0.2, 0.25) is 0 Å². The van der Waals surface area contributed by atoms with Gasteiger partial charge in [0.05, 0.1) is 12.2 Å². The SMILES string of the molecule is CC(NC(=O)c1cnn2cccnc12)c1ccccc1. The Labute approximate surface area is 116 Å². The summed E-state index contributed by atoms with van der Waals surface area (Å²) in [7, 11) is 0. The summed E-state index contributed by atoms with van der Waals surface area (Å²) in [5.41, 5.74) is 2.10. The molecule has 0 bridgehead atoms. The monoisotopic (exact) mass is 266 g/mol. The zero-order valence-corrected chi connectivity index (χ0v) is 11.0. The summed E-state index contributed by atoms with van der Waals surface area (Å²) < 4.78 is 1.59. The van der Waals surface area contributed by atoms with Gasteiger partial charge in [0.1, 0.15) is 5.56 Å².